The van der Waals surface area contributed by atoms with E-state index >= 15 is 0 Å². The van der Waals surface area contributed by atoms with Crippen LogP contribution in [0, 0.1) is 5.82 Å². The third-order valence-electron chi connectivity index (χ3n) is 1.82. The van der Waals surface area contributed by atoms with Gasteiger partial charge in [0.05, 0.1) is 0 Å². The van der Waals surface area contributed by atoms with Crippen LogP contribution in [0.2, 0.25) is 0 Å². The molecular formula is C9H11BrFN. The van der Waals surface area contributed by atoms with Crippen LogP contribution in [-0.4, -0.2) is 7.05 Å². The van der Waals surface area contributed by atoms with E-state index in [9.17, 15) is 4.39 Å². The molecule has 0 aliphatic carbocycles. The van der Waals surface area contributed by atoms with Crippen LogP contribution in [0.3, 0.4) is 0 Å². The highest BCUT2D eigenvalue weighted by atomic mass is 79.9. The Bertz CT molecular complexity index is 255. The van der Waals surface area contributed by atoms with Gasteiger partial charge in [-0.3, -0.25) is 0 Å². The number of nitrogens with one attached hydrogen (secondary N) is 1. The van der Waals surface area contributed by atoms with Crippen LogP contribution in [-0.2, 0) is 0 Å². The van der Waals surface area contributed by atoms with Gasteiger partial charge in [0.1, 0.15) is 5.82 Å². The highest BCUT2D eigenvalue weighted by Gasteiger charge is 2.04. The third-order valence-corrected chi connectivity index (χ3v) is 2.28. The van der Waals surface area contributed by atoms with Crippen molar-refractivity contribution < 1.29 is 4.39 Å². The molecule has 1 N–H and O–H groups in total. The quantitative estimate of drug-likeness (QED) is 0.826. The van der Waals surface area contributed by atoms with Crippen LogP contribution in [0.4, 0.5) is 4.39 Å². The molecule has 12 heavy (non-hydrogen) atoms. The Hall–Kier alpha value is -0.410. The highest BCUT2D eigenvalue weighted by Crippen LogP contribution is 2.19. The van der Waals surface area contributed by atoms with Crippen LogP contribution >= 0.6 is 15.9 Å². The smallest absolute Gasteiger partial charge is 0.124 e. The minimum absolute atomic E-state index is 0.178. The largest absolute Gasteiger partial charge is 0.313 e. The molecule has 0 saturated heterocycles. The molecule has 0 fully saturated rings. The lowest BCUT2D eigenvalue weighted by Crippen LogP contribution is -2.12. The minimum Gasteiger partial charge on any atom is -0.313 e. The first-order valence-electron chi connectivity index (χ1n) is 3.76. The molecule has 0 aromatic heterocycles. The fourth-order valence-corrected chi connectivity index (χ4v) is 1.47. The zero-order valence-electron chi connectivity index (χ0n) is 7.07. The molecule has 1 rings (SSSR count). The predicted molar refractivity (Wildman–Crippen MR) is 51.6 cm³/mol. The number of hydrogen-bond donors (Lipinski definition) is 1. The number of rotatable bonds is 2. The van der Waals surface area contributed by atoms with Crippen molar-refractivity contribution in [1.82, 2.24) is 5.32 Å². The maximum atomic E-state index is 12.9. The standard InChI is InChI=1S/C9H11BrFN/c1-6(12-2)7-3-8(10)5-9(11)4-7/h3-6,12H,1-2H3/t6-/m0/s1. The van der Waals surface area contributed by atoms with Crippen molar-refractivity contribution in [3.63, 3.8) is 0 Å². The topological polar surface area (TPSA) is 12.0 Å². The van der Waals surface area contributed by atoms with Crippen molar-refractivity contribution in [2.45, 2.75) is 13.0 Å². The van der Waals surface area contributed by atoms with E-state index in [0.717, 1.165) is 10.0 Å². The molecular weight excluding hydrogens is 221 g/mol. The van der Waals surface area contributed by atoms with Gasteiger partial charge in [-0.05, 0) is 37.7 Å². The van der Waals surface area contributed by atoms with E-state index < -0.39 is 0 Å². The first-order valence-corrected chi connectivity index (χ1v) is 4.56. The van der Waals surface area contributed by atoms with Gasteiger partial charge in [0.2, 0.25) is 0 Å². The molecule has 3 heteroatoms. The average Bonchev–Trinajstić information content (AvgIpc) is 2.01. The van der Waals surface area contributed by atoms with Gasteiger partial charge >= 0.3 is 0 Å². The second-order valence-corrected chi connectivity index (χ2v) is 3.63. The number of benzene rings is 1. The van der Waals surface area contributed by atoms with Crippen molar-refractivity contribution in [1.29, 1.82) is 0 Å². The first-order chi connectivity index (χ1) is 5.63. The van der Waals surface area contributed by atoms with E-state index in [2.05, 4.69) is 21.2 Å². The lowest BCUT2D eigenvalue weighted by molar-refractivity contribution is 0.607. The van der Waals surface area contributed by atoms with E-state index in [1.165, 1.54) is 12.1 Å². The molecule has 0 heterocycles. The average molecular weight is 232 g/mol. The molecule has 1 aromatic carbocycles. The summed E-state index contributed by atoms with van der Waals surface area (Å²) in [6, 6.07) is 5.07. The molecule has 0 spiro atoms. The molecule has 66 valence electrons. The summed E-state index contributed by atoms with van der Waals surface area (Å²) in [4.78, 5) is 0. The minimum atomic E-state index is -0.207. The summed E-state index contributed by atoms with van der Waals surface area (Å²) in [6.45, 7) is 1.99. The summed E-state index contributed by atoms with van der Waals surface area (Å²) >= 11 is 3.24. The molecule has 0 aliphatic rings. The van der Waals surface area contributed by atoms with Crippen molar-refractivity contribution in [2.75, 3.05) is 7.05 Å². The van der Waals surface area contributed by atoms with Gasteiger partial charge in [-0.2, -0.15) is 0 Å². The molecule has 1 atom stereocenters. The van der Waals surface area contributed by atoms with E-state index in [1.807, 2.05) is 20.0 Å². The second kappa shape index (κ2) is 4.01. The Kier molecular flexibility index (Phi) is 3.23. The molecule has 0 amide bonds. The van der Waals surface area contributed by atoms with Gasteiger partial charge in [0, 0.05) is 10.5 Å². The predicted octanol–water partition coefficient (Wildman–Crippen LogP) is 2.87. The molecule has 0 bridgehead atoms. The van der Waals surface area contributed by atoms with Crippen LogP contribution in [0.5, 0.6) is 0 Å². The summed E-state index contributed by atoms with van der Waals surface area (Å²) < 4.78 is 13.6. The molecule has 1 nitrogen and oxygen atoms in total. The molecule has 0 aliphatic heterocycles. The summed E-state index contributed by atoms with van der Waals surface area (Å²) in [7, 11) is 1.85. The van der Waals surface area contributed by atoms with E-state index in [0.29, 0.717) is 0 Å². The molecule has 0 saturated carbocycles. The van der Waals surface area contributed by atoms with Crippen molar-refractivity contribution in [3.05, 3.63) is 34.1 Å². The van der Waals surface area contributed by atoms with Gasteiger partial charge in [-0.25, -0.2) is 4.39 Å². The van der Waals surface area contributed by atoms with E-state index in [4.69, 9.17) is 0 Å². The lowest BCUT2D eigenvalue weighted by Gasteiger charge is -2.10. The Balaban J connectivity index is 3.00. The highest BCUT2D eigenvalue weighted by molar-refractivity contribution is 9.10. The van der Waals surface area contributed by atoms with Crippen LogP contribution in [0.1, 0.15) is 18.5 Å². The fourth-order valence-electron chi connectivity index (χ4n) is 0.992. The normalized spacial score (nSPS) is 13.0. The Morgan fingerprint density at radius 3 is 2.58 bits per heavy atom. The second-order valence-electron chi connectivity index (χ2n) is 2.71. The number of hydrogen-bond acceptors (Lipinski definition) is 1. The van der Waals surface area contributed by atoms with Crippen molar-refractivity contribution in [2.24, 2.45) is 0 Å². The van der Waals surface area contributed by atoms with Gasteiger partial charge in [-0.15, -0.1) is 0 Å². The van der Waals surface area contributed by atoms with Gasteiger partial charge in [0.15, 0.2) is 0 Å². The maximum absolute atomic E-state index is 12.9. The Morgan fingerprint density at radius 2 is 2.08 bits per heavy atom. The molecule has 0 radical (unpaired) electrons. The van der Waals surface area contributed by atoms with Gasteiger partial charge < -0.3 is 5.32 Å². The van der Waals surface area contributed by atoms with Crippen LogP contribution in [0.25, 0.3) is 0 Å². The Morgan fingerprint density at radius 1 is 1.42 bits per heavy atom. The molecule has 0 unspecified atom stereocenters. The maximum Gasteiger partial charge on any atom is 0.124 e. The van der Waals surface area contributed by atoms with Gasteiger partial charge in [0.25, 0.3) is 0 Å². The lowest BCUT2D eigenvalue weighted by atomic mass is 10.1. The van der Waals surface area contributed by atoms with Crippen molar-refractivity contribution >= 4 is 15.9 Å². The zero-order chi connectivity index (χ0) is 9.14. The summed E-state index contributed by atoms with van der Waals surface area (Å²) in [5.74, 6) is -0.207. The number of halogens is 2. The van der Waals surface area contributed by atoms with Crippen molar-refractivity contribution in [3.8, 4) is 0 Å². The van der Waals surface area contributed by atoms with Gasteiger partial charge in [-0.1, -0.05) is 15.9 Å². The first kappa shape index (κ1) is 9.68. The zero-order valence-corrected chi connectivity index (χ0v) is 8.65. The Labute approximate surface area is 80.1 Å². The van der Waals surface area contributed by atoms with Crippen LogP contribution in [0.15, 0.2) is 22.7 Å². The fraction of sp³-hybridized carbons (Fsp3) is 0.333. The SMILES string of the molecule is CN[C@@H](C)c1cc(F)cc(Br)c1. The third kappa shape index (κ3) is 2.29. The molecule has 1 aromatic rings. The summed E-state index contributed by atoms with van der Waals surface area (Å²) in [6.07, 6.45) is 0. The van der Waals surface area contributed by atoms with E-state index in [1.54, 1.807) is 0 Å². The van der Waals surface area contributed by atoms with Crippen LogP contribution < -0.4 is 5.32 Å². The monoisotopic (exact) mass is 231 g/mol. The van der Waals surface area contributed by atoms with E-state index in [-0.39, 0.29) is 11.9 Å². The summed E-state index contributed by atoms with van der Waals surface area (Å²) in [5.41, 5.74) is 0.948. The summed E-state index contributed by atoms with van der Waals surface area (Å²) in [5, 5.41) is 3.05.